The van der Waals surface area contributed by atoms with E-state index in [0.29, 0.717) is 21.7 Å². The first-order chi connectivity index (χ1) is 10.1. The van der Waals surface area contributed by atoms with Gasteiger partial charge in [0.15, 0.2) is 0 Å². The Balaban J connectivity index is 2.07. The van der Waals surface area contributed by atoms with Crippen molar-refractivity contribution in [3.8, 4) is 5.75 Å². The smallest absolute Gasteiger partial charge is 0.115 e. The summed E-state index contributed by atoms with van der Waals surface area (Å²) in [6.45, 7) is 0. The molecule has 1 unspecified atom stereocenters. The molecule has 0 aliphatic heterocycles. The number of phenolic OH excluding ortho intramolecular Hbond substituents is 1. The van der Waals surface area contributed by atoms with Crippen LogP contribution in [0.25, 0.3) is 0 Å². The van der Waals surface area contributed by atoms with E-state index < -0.39 is 0 Å². The summed E-state index contributed by atoms with van der Waals surface area (Å²) < 4.78 is 0. The maximum Gasteiger partial charge on any atom is 0.115 e. The van der Waals surface area contributed by atoms with Crippen molar-refractivity contribution in [3.05, 3.63) is 63.1 Å². The van der Waals surface area contributed by atoms with Crippen LogP contribution in [0.1, 0.15) is 41.5 Å². The normalized spacial score (nSPS) is 21.1. The molecule has 1 aliphatic carbocycles. The van der Waals surface area contributed by atoms with E-state index in [4.69, 9.17) is 23.2 Å². The Bertz CT molecular complexity index is 672. The van der Waals surface area contributed by atoms with E-state index in [1.54, 1.807) is 6.07 Å². The van der Waals surface area contributed by atoms with Gasteiger partial charge in [-0.15, -0.1) is 0 Å². The van der Waals surface area contributed by atoms with Gasteiger partial charge in [0.1, 0.15) is 5.75 Å². The average molecular weight is 322 g/mol. The average Bonchev–Trinajstić information content (AvgIpc) is 2.49. The van der Waals surface area contributed by atoms with Gasteiger partial charge in [-0.1, -0.05) is 35.3 Å². The maximum absolute atomic E-state index is 9.77. The van der Waals surface area contributed by atoms with Gasteiger partial charge in [-0.3, -0.25) is 0 Å². The number of fused-ring (bicyclic) bond motifs is 1. The van der Waals surface area contributed by atoms with Gasteiger partial charge in [-0.25, -0.2) is 0 Å². The van der Waals surface area contributed by atoms with Gasteiger partial charge >= 0.3 is 0 Å². The molecule has 2 N–H and O–H groups in total. The Morgan fingerprint density at radius 2 is 1.81 bits per heavy atom. The quantitative estimate of drug-likeness (QED) is 0.825. The highest BCUT2D eigenvalue weighted by atomic mass is 35.5. The lowest BCUT2D eigenvalue weighted by Gasteiger charge is -2.32. The molecule has 21 heavy (non-hydrogen) atoms. The van der Waals surface area contributed by atoms with E-state index >= 15 is 0 Å². The summed E-state index contributed by atoms with van der Waals surface area (Å²) in [7, 11) is 1.96. The Labute approximate surface area is 134 Å². The van der Waals surface area contributed by atoms with Crippen LogP contribution < -0.4 is 5.32 Å². The number of phenols is 1. The highest BCUT2D eigenvalue weighted by Crippen LogP contribution is 2.43. The van der Waals surface area contributed by atoms with Gasteiger partial charge in [-0.2, -0.15) is 0 Å². The van der Waals surface area contributed by atoms with Gasteiger partial charge in [0.25, 0.3) is 0 Å². The van der Waals surface area contributed by atoms with Crippen LogP contribution in [0.4, 0.5) is 0 Å². The predicted octanol–water partition coefficient (Wildman–Crippen LogP) is 4.89. The van der Waals surface area contributed by atoms with Crippen molar-refractivity contribution in [2.24, 2.45) is 0 Å². The van der Waals surface area contributed by atoms with Crippen LogP contribution in [0.2, 0.25) is 10.0 Å². The number of aromatic hydroxyl groups is 1. The summed E-state index contributed by atoms with van der Waals surface area (Å²) in [6.07, 6.45) is 2.07. The SMILES string of the molecule is CN[C@H]1CCC(c2ccc(Cl)c(Cl)c2)c2ccc(O)cc21. The standard InChI is InChI=1S/C17H17Cl2NO/c1-20-17-7-5-12(10-2-6-15(18)16(19)8-10)13-4-3-11(21)9-14(13)17/h2-4,6,8-9,12,17,20-21H,5,7H2,1H3/t12?,17-/m0/s1. The first-order valence-corrected chi connectivity index (χ1v) is 7.80. The molecule has 2 atom stereocenters. The van der Waals surface area contributed by atoms with E-state index in [0.717, 1.165) is 12.8 Å². The molecule has 2 nitrogen and oxygen atoms in total. The van der Waals surface area contributed by atoms with Crippen LogP contribution in [0.15, 0.2) is 36.4 Å². The third kappa shape index (κ3) is 2.76. The van der Waals surface area contributed by atoms with Gasteiger partial charge in [0.2, 0.25) is 0 Å². The minimum atomic E-state index is 0.283. The molecule has 3 rings (SSSR count). The molecular formula is C17H17Cl2NO. The first-order valence-electron chi connectivity index (χ1n) is 7.05. The van der Waals surface area contributed by atoms with Crippen molar-refractivity contribution in [1.29, 1.82) is 0 Å². The lowest BCUT2D eigenvalue weighted by Crippen LogP contribution is -2.24. The fourth-order valence-corrected chi connectivity index (χ4v) is 3.51. The largest absolute Gasteiger partial charge is 0.508 e. The Kier molecular flexibility index (Phi) is 4.12. The zero-order chi connectivity index (χ0) is 15.0. The second kappa shape index (κ2) is 5.88. The number of hydrogen-bond acceptors (Lipinski definition) is 2. The van der Waals surface area contributed by atoms with Gasteiger partial charge < -0.3 is 10.4 Å². The molecule has 0 amide bonds. The van der Waals surface area contributed by atoms with Crippen molar-refractivity contribution in [1.82, 2.24) is 5.32 Å². The van der Waals surface area contributed by atoms with E-state index in [9.17, 15) is 5.11 Å². The number of nitrogens with one attached hydrogen (secondary N) is 1. The van der Waals surface area contributed by atoms with E-state index in [2.05, 4.69) is 5.32 Å². The molecule has 2 aromatic carbocycles. The molecule has 0 radical (unpaired) electrons. The zero-order valence-electron chi connectivity index (χ0n) is 11.7. The minimum absolute atomic E-state index is 0.283. The molecule has 0 heterocycles. The molecule has 0 bridgehead atoms. The summed E-state index contributed by atoms with van der Waals surface area (Å²) in [5.74, 6) is 0.601. The molecule has 110 valence electrons. The Hall–Kier alpha value is -1.22. The second-order valence-electron chi connectivity index (χ2n) is 5.46. The third-order valence-corrected chi connectivity index (χ3v) is 5.00. The zero-order valence-corrected chi connectivity index (χ0v) is 13.2. The van der Waals surface area contributed by atoms with Crippen LogP contribution in [0, 0.1) is 0 Å². The Morgan fingerprint density at radius 1 is 1.00 bits per heavy atom. The number of hydrogen-bond donors (Lipinski definition) is 2. The number of benzene rings is 2. The van der Waals surface area contributed by atoms with Crippen molar-refractivity contribution in [3.63, 3.8) is 0 Å². The third-order valence-electron chi connectivity index (χ3n) is 4.26. The number of rotatable bonds is 2. The highest BCUT2D eigenvalue weighted by molar-refractivity contribution is 6.42. The molecule has 0 aromatic heterocycles. The molecule has 0 spiro atoms. The lowest BCUT2D eigenvalue weighted by atomic mass is 9.76. The molecule has 0 fully saturated rings. The van der Waals surface area contributed by atoms with Crippen molar-refractivity contribution in [2.75, 3.05) is 7.05 Å². The van der Waals surface area contributed by atoms with E-state index in [-0.39, 0.29) is 6.04 Å². The monoisotopic (exact) mass is 321 g/mol. The topological polar surface area (TPSA) is 32.3 Å². The van der Waals surface area contributed by atoms with Crippen molar-refractivity contribution >= 4 is 23.2 Å². The maximum atomic E-state index is 9.77. The minimum Gasteiger partial charge on any atom is -0.508 e. The van der Waals surface area contributed by atoms with Crippen LogP contribution in [0.5, 0.6) is 5.75 Å². The highest BCUT2D eigenvalue weighted by Gasteiger charge is 2.28. The predicted molar refractivity (Wildman–Crippen MR) is 87.4 cm³/mol. The summed E-state index contributed by atoms with van der Waals surface area (Å²) in [5, 5.41) is 14.3. The molecular weight excluding hydrogens is 305 g/mol. The van der Waals surface area contributed by atoms with E-state index in [1.807, 2.05) is 37.4 Å². The van der Waals surface area contributed by atoms with E-state index in [1.165, 1.54) is 16.7 Å². The van der Waals surface area contributed by atoms with Gasteiger partial charge in [0, 0.05) is 12.0 Å². The van der Waals surface area contributed by atoms with Gasteiger partial charge in [0.05, 0.1) is 10.0 Å². The fourth-order valence-electron chi connectivity index (χ4n) is 3.20. The lowest BCUT2D eigenvalue weighted by molar-refractivity contribution is 0.452. The first kappa shape index (κ1) is 14.7. The summed E-state index contributed by atoms with van der Waals surface area (Å²) in [4.78, 5) is 0. The van der Waals surface area contributed by atoms with Crippen LogP contribution in [0.3, 0.4) is 0 Å². The fraction of sp³-hybridized carbons (Fsp3) is 0.294. The second-order valence-corrected chi connectivity index (χ2v) is 6.27. The molecule has 4 heteroatoms. The molecule has 1 aliphatic rings. The molecule has 0 saturated carbocycles. The summed E-state index contributed by atoms with van der Waals surface area (Å²) in [5.41, 5.74) is 3.59. The van der Waals surface area contributed by atoms with Crippen LogP contribution >= 0.6 is 23.2 Å². The van der Waals surface area contributed by atoms with Crippen LogP contribution in [-0.2, 0) is 0 Å². The van der Waals surface area contributed by atoms with Crippen molar-refractivity contribution < 1.29 is 5.11 Å². The number of halogens is 2. The molecule has 2 aromatic rings. The van der Waals surface area contributed by atoms with Crippen LogP contribution in [-0.4, -0.2) is 12.2 Å². The van der Waals surface area contributed by atoms with Gasteiger partial charge in [-0.05, 0) is 60.8 Å². The van der Waals surface area contributed by atoms with Crippen molar-refractivity contribution in [2.45, 2.75) is 24.8 Å². The summed E-state index contributed by atoms with van der Waals surface area (Å²) >= 11 is 12.2. The molecule has 0 saturated heterocycles. The Morgan fingerprint density at radius 3 is 2.52 bits per heavy atom. The summed E-state index contributed by atoms with van der Waals surface area (Å²) in [6, 6.07) is 11.7.